The fraction of sp³-hybridized carbons (Fsp3) is 0.364. The van der Waals surface area contributed by atoms with E-state index in [0.29, 0.717) is 26.3 Å². The van der Waals surface area contributed by atoms with Gasteiger partial charge in [0.15, 0.2) is 5.82 Å². The number of fused-ring (bicyclic) bond motifs is 1. The number of hydrogen-bond donors (Lipinski definition) is 1. The Balaban J connectivity index is 1.34. The number of ether oxygens (including phenoxy) is 1. The SMILES string of the molecule is CN(C(=O)Cn1nc(C2CN(C(=O)c3cc(N)ncc3F)C2)c2ccccc21)C1COC1. The number of nitrogens with zero attached hydrogens (tertiary/aromatic N) is 5. The number of likely N-dealkylation sites (N-methyl/N-ethyl adjacent to an activating group) is 1. The smallest absolute Gasteiger partial charge is 0.257 e. The van der Waals surface area contributed by atoms with Crippen molar-refractivity contribution in [3.05, 3.63) is 53.6 Å². The summed E-state index contributed by atoms with van der Waals surface area (Å²) in [5.74, 6) is -1.05. The van der Waals surface area contributed by atoms with Crippen LogP contribution in [0.5, 0.6) is 0 Å². The molecule has 3 aromatic rings. The lowest BCUT2D eigenvalue weighted by molar-refractivity contribution is -0.142. The van der Waals surface area contributed by atoms with Crippen LogP contribution in [0.3, 0.4) is 0 Å². The van der Waals surface area contributed by atoms with Gasteiger partial charge in [0.25, 0.3) is 5.91 Å². The average molecular weight is 438 g/mol. The summed E-state index contributed by atoms with van der Waals surface area (Å²) in [4.78, 5) is 32.3. The summed E-state index contributed by atoms with van der Waals surface area (Å²) in [6.45, 7) is 2.07. The molecule has 4 heterocycles. The maximum Gasteiger partial charge on any atom is 0.257 e. The highest BCUT2D eigenvalue weighted by molar-refractivity contribution is 5.96. The van der Waals surface area contributed by atoms with Crippen molar-refractivity contribution >= 4 is 28.5 Å². The highest BCUT2D eigenvalue weighted by Gasteiger charge is 2.36. The molecule has 2 aliphatic heterocycles. The summed E-state index contributed by atoms with van der Waals surface area (Å²) >= 11 is 0. The fourth-order valence-corrected chi connectivity index (χ4v) is 4.07. The molecule has 166 valence electrons. The van der Waals surface area contributed by atoms with Crippen LogP contribution in [-0.4, -0.2) is 75.8 Å². The maximum absolute atomic E-state index is 14.0. The van der Waals surface area contributed by atoms with Crippen molar-refractivity contribution in [2.45, 2.75) is 18.5 Å². The third-order valence-electron chi connectivity index (χ3n) is 6.20. The van der Waals surface area contributed by atoms with Gasteiger partial charge in [0.05, 0.1) is 42.2 Å². The Bertz CT molecular complexity index is 1200. The lowest BCUT2D eigenvalue weighted by Crippen LogP contribution is -2.50. The van der Waals surface area contributed by atoms with Gasteiger partial charge >= 0.3 is 0 Å². The molecule has 0 atom stereocenters. The van der Waals surface area contributed by atoms with E-state index in [9.17, 15) is 14.0 Å². The van der Waals surface area contributed by atoms with Gasteiger partial charge in [-0.1, -0.05) is 18.2 Å². The van der Waals surface area contributed by atoms with Gasteiger partial charge in [-0.2, -0.15) is 5.10 Å². The van der Waals surface area contributed by atoms with Crippen molar-refractivity contribution in [1.82, 2.24) is 24.6 Å². The van der Waals surface area contributed by atoms with Crippen LogP contribution < -0.4 is 5.73 Å². The largest absolute Gasteiger partial charge is 0.384 e. The minimum atomic E-state index is -0.693. The second-order valence-corrected chi connectivity index (χ2v) is 8.25. The molecule has 0 radical (unpaired) electrons. The average Bonchev–Trinajstić information content (AvgIpc) is 3.05. The van der Waals surface area contributed by atoms with Gasteiger partial charge in [0.2, 0.25) is 5.91 Å². The van der Waals surface area contributed by atoms with Gasteiger partial charge in [-0.15, -0.1) is 0 Å². The highest BCUT2D eigenvalue weighted by Crippen LogP contribution is 2.33. The van der Waals surface area contributed by atoms with Gasteiger partial charge in [-0.05, 0) is 12.1 Å². The van der Waals surface area contributed by atoms with Gasteiger partial charge in [-0.25, -0.2) is 9.37 Å². The Morgan fingerprint density at radius 2 is 2.03 bits per heavy atom. The lowest BCUT2D eigenvalue weighted by Gasteiger charge is -2.38. The van der Waals surface area contributed by atoms with E-state index in [-0.39, 0.29) is 35.8 Å². The predicted octanol–water partition coefficient (Wildman–Crippen LogP) is 1.25. The van der Waals surface area contributed by atoms with Gasteiger partial charge in [0.1, 0.15) is 12.4 Å². The molecule has 2 aliphatic rings. The molecule has 2 fully saturated rings. The van der Waals surface area contributed by atoms with E-state index in [0.717, 1.165) is 22.8 Å². The number of amides is 2. The van der Waals surface area contributed by atoms with E-state index in [1.807, 2.05) is 24.3 Å². The highest BCUT2D eigenvalue weighted by atomic mass is 19.1. The van der Waals surface area contributed by atoms with Crippen molar-refractivity contribution in [1.29, 1.82) is 0 Å². The van der Waals surface area contributed by atoms with Crippen LogP contribution in [0, 0.1) is 5.82 Å². The van der Waals surface area contributed by atoms with Crippen molar-refractivity contribution in [2.24, 2.45) is 0 Å². The first-order valence-corrected chi connectivity index (χ1v) is 10.4. The van der Waals surface area contributed by atoms with E-state index in [1.54, 1.807) is 21.5 Å². The van der Waals surface area contributed by atoms with Gasteiger partial charge < -0.3 is 20.3 Å². The third-order valence-corrected chi connectivity index (χ3v) is 6.20. The molecule has 1 aromatic carbocycles. The maximum atomic E-state index is 14.0. The molecule has 2 amide bonds. The van der Waals surface area contributed by atoms with Crippen LogP contribution in [0.1, 0.15) is 22.0 Å². The van der Waals surface area contributed by atoms with Gasteiger partial charge in [0, 0.05) is 31.4 Å². The minimum Gasteiger partial charge on any atom is -0.384 e. The molecule has 0 saturated carbocycles. The number of pyridine rings is 1. The number of carbonyl (C=O) groups excluding carboxylic acids is 2. The van der Waals surface area contributed by atoms with Crippen LogP contribution in [0.25, 0.3) is 10.9 Å². The van der Waals surface area contributed by atoms with E-state index in [4.69, 9.17) is 15.6 Å². The number of carbonyl (C=O) groups is 2. The number of benzene rings is 1. The van der Waals surface area contributed by atoms with Crippen molar-refractivity contribution in [3.63, 3.8) is 0 Å². The van der Waals surface area contributed by atoms with Crippen molar-refractivity contribution in [3.8, 4) is 0 Å². The van der Waals surface area contributed by atoms with Crippen LogP contribution >= 0.6 is 0 Å². The number of nitrogens with two attached hydrogens (primary N) is 1. The molecule has 0 unspecified atom stereocenters. The first-order valence-electron chi connectivity index (χ1n) is 10.4. The molecule has 5 rings (SSSR count). The van der Waals surface area contributed by atoms with E-state index in [1.165, 1.54) is 6.07 Å². The Morgan fingerprint density at radius 3 is 2.75 bits per heavy atom. The monoisotopic (exact) mass is 438 g/mol. The normalized spacial score (nSPS) is 16.6. The minimum absolute atomic E-state index is 0.000194. The number of para-hydroxylation sites is 1. The second kappa shape index (κ2) is 7.86. The molecule has 32 heavy (non-hydrogen) atoms. The number of aromatic nitrogens is 3. The Kier molecular flexibility index (Phi) is 5.01. The first kappa shape index (κ1) is 20.4. The summed E-state index contributed by atoms with van der Waals surface area (Å²) < 4.78 is 20.9. The number of anilines is 1. The summed E-state index contributed by atoms with van der Waals surface area (Å²) in [5, 5.41) is 5.68. The fourth-order valence-electron chi connectivity index (χ4n) is 4.07. The zero-order valence-corrected chi connectivity index (χ0v) is 17.6. The van der Waals surface area contributed by atoms with Crippen LogP contribution in [0.4, 0.5) is 10.2 Å². The topological polar surface area (TPSA) is 107 Å². The molecule has 10 heteroatoms. The molecule has 2 N–H and O–H groups in total. The van der Waals surface area contributed by atoms with E-state index < -0.39 is 11.7 Å². The Morgan fingerprint density at radius 1 is 1.28 bits per heavy atom. The number of hydrogen-bond acceptors (Lipinski definition) is 6. The summed E-state index contributed by atoms with van der Waals surface area (Å²) in [7, 11) is 1.78. The lowest BCUT2D eigenvalue weighted by atomic mass is 9.93. The zero-order chi connectivity index (χ0) is 22.4. The molecule has 0 spiro atoms. The summed E-state index contributed by atoms with van der Waals surface area (Å²) in [5.41, 5.74) is 7.22. The third kappa shape index (κ3) is 3.46. The number of halogens is 1. The Labute approximate surface area is 183 Å². The van der Waals surface area contributed by atoms with Crippen molar-refractivity contribution < 1.29 is 18.7 Å². The number of rotatable bonds is 5. The standard InChI is InChI=1S/C22H23FN6O3/c1-27(14-11-32-12-14)20(30)10-29-18-5-3-2-4-15(18)21(26-29)13-8-28(9-13)22(31)16-6-19(24)25-7-17(16)23/h2-7,13-14H,8-12H2,1H3,(H2,24,25). The Hall–Kier alpha value is -3.53. The quantitative estimate of drug-likeness (QED) is 0.643. The predicted molar refractivity (Wildman–Crippen MR) is 114 cm³/mol. The summed E-state index contributed by atoms with van der Waals surface area (Å²) in [6, 6.07) is 9.10. The van der Waals surface area contributed by atoms with Crippen molar-refractivity contribution in [2.75, 3.05) is 39.1 Å². The first-order chi connectivity index (χ1) is 15.4. The van der Waals surface area contributed by atoms with Gasteiger partial charge in [-0.3, -0.25) is 14.3 Å². The number of nitrogen functional groups attached to an aromatic ring is 1. The molecule has 2 saturated heterocycles. The van der Waals surface area contributed by atoms with E-state index in [2.05, 4.69) is 4.98 Å². The van der Waals surface area contributed by atoms with Crippen LogP contribution in [0.15, 0.2) is 36.5 Å². The molecular weight excluding hydrogens is 415 g/mol. The number of likely N-dealkylation sites (tertiary alicyclic amines) is 1. The zero-order valence-electron chi connectivity index (χ0n) is 17.6. The molecule has 0 bridgehead atoms. The summed E-state index contributed by atoms with van der Waals surface area (Å²) in [6.07, 6.45) is 0.957. The molecule has 9 nitrogen and oxygen atoms in total. The molecule has 2 aromatic heterocycles. The van der Waals surface area contributed by atoms with E-state index >= 15 is 0 Å². The molecular formula is C22H23FN6O3. The van der Waals surface area contributed by atoms with Crippen LogP contribution in [-0.2, 0) is 16.1 Å². The van der Waals surface area contributed by atoms with Crippen LogP contribution in [0.2, 0.25) is 0 Å². The second-order valence-electron chi connectivity index (χ2n) is 8.25. The molecule has 0 aliphatic carbocycles.